The summed E-state index contributed by atoms with van der Waals surface area (Å²) < 4.78 is 0. The Morgan fingerprint density at radius 3 is 2.47 bits per heavy atom. The molecule has 0 aromatic heterocycles. The number of carbonyl (C=O) groups excluding carboxylic acids is 1. The molecule has 1 fully saturated rings. The van der Waals surface area contributed by atoms with Crippen LogP contribution < -0.4 is 5.32 Å². The van der Waals surface area contributed by atoms with Gasteiger partial charge in [0.1, 0.15) is 0 Å². The Labute approximate surface area is 105 Å². The number of carbonyl (C=O) groups is 1. The van der Waals surface area contributed by atoms with Gasteiger partial charge in [0.05, 0.1) is 6.54 Å². The fourth-order valence-electron chi connectivity index (χ4n) is 2.40. The summed E-state index contributed by atoms with van der Waals surface area (Å²) in [5.41, 5.74) is 0. The van der Waals surface area contributed by atoms with Gasteiger partial charge in [-0.3, -0.25) is 9.69 Å². The zero-order valence-corrected chi connectivity index (χ0v) is 11.5. The molecule has 0 saturated carbocycles. The second kappa shape index (κ2) is 7.67. The lowest BCUT2D eigenvalue weighted by atomic mass is 10.3. The third-order valence-electron chi connectivity index (χ3n) is 3.38. The second-order valence-corrected chi connectivity index (χ2v) is 4.89. The predicted octanol–water partition coefficient (Wildman–Crippen LogP) is 0.929. The Hall–Kier alpha value is -0.610. The molecule has 17 heavy (non-hydrogen) atoms. The quantitative estimate of drug-likeness (QED) is 0.720. The third-order valence-corrected chi connectivity index (χ3v) is 3.38. The van der Waals surface area contributed by atoms with Crippen LogP contribution in [0.2, 0.25) is 0 Å². The van der Waals surface area contributed by atoms with Crippen molar-refractivity contribution in [3.63, 3.8) is 0 Å². The van der Waals surface area contributed by atoms with E-state index < -0.39 is 0 Å². The van der Waals surface area contributed by atoms with Gasteiger partial charge in [0.2, 0.25) is 5.91 Å². The number of nitrogens with zero attached hydrogens (tertiary/aromatic N) is 2. The van der Waals surface area contributed by atoms with Gasteiger partial charge in [0.25, 0.3) is 0 Å². The monoisotopic (exact) mass is 241 g/mol. The van der Waals surface area contributed by atoms with Crippen molar-refractivity contribution in [3.05, 3.63) is 0 Å². The van der Waals surface area contributed by atoms with E-state index in [0.29, 0.717) is 18.5 Å². The summed E-state index contributed by atoms with van der Waals surface area (Å²) >= 11 is 0. The van der Waals surface area contributed by atoms with Crippen molar-refractivity contribution in [2.75, 3.05) is 39.8 Å². The van der Waals surface area contributed by atoms with Gasteiger partial charge in [-0.15, -0.1) is 0 Å². The Morgan fingerprint density at radius 2 is 2.00 bits per heavy atom. The van der Waals surface area contributed by atoms with Crippen molar-refractivity contribution in [3.8, 4) is 0 Å². The van der Waals surface area contributed by atoms with Gasteiger partial charge in [-0.25, -0.2) is 0 Å². The van der Waals surface area contributed by atoms with Crippen LogP contribution in [0.15, 0.2) is 0 Å². The van der Waals surface area contributed by atoms with Crippen molar-refractivity contribution in [1.82, 2.24) is 15.1 Å². The van der Waals surface area contributed by atoms with E-state index in [-0.39, 0.29) is 0 Å². The van der Waals surface area contributed by atoms with Gasteiger partial charge in [-0.1, -0.05) is 13.8 Å². The summed E-state index contributed by atoms with van der Waals surface area (Å²) in [6, 6.07) is 0.564. The number of likely N-dealkylation sites (N-methyl/N-ethyl adjacent to an activating group) is 1. The minimum atomic E-state index is 0.297. The fraction of sp³-hybridized carbons (Fsp3) is 0.923. The van der Waals surface area contributed by atoms with Gasteiger partial charge in [0, 0.05) is 32.2 Å². The summed E-state index contributed by atoms with van der Waals surface area (Å²) in [5.74, 6) is 0.297. The molecule has 100 valence electrons. The lowest BCUT2D eigenvalue weighted by molar-refractivity contribution is -0.132. The molecule has 1 unspecified atom stereocenters. The van der Waals surface area contributed by atoms with Crippen molar-refractivity contribution in [2.24, 2.45) is 0 Å². The van der Waals surface area contributed by atoms with E-state index in [1.165, 1.54) is 0 Å². The SMILES string of the molecule is CCCN(CCC)C(=O)CN1CCC(NC)C1. The van der Waals surface area contributed by atoms with Crippen LogP contribution in [0.5, 0.6) is 0 Å². The third kappa shape index (κ3) is 4.64. The molecule has 0 radical (unpaired) electrons. The Morgan fingerprint density at radius 1 is 1.35 bits per heavy atom. The molecular formula is C13H27N3O. The van der Waals surface area contributed by atoms with Gasteiger partial charge >= 0.3 is 0 Å². The second-order valence-electron chi connectivity index (χ2n) is 4.89. The van der Waals surface area contributed by atoms with E-state index >= 15 is 0 Å². The van der Waals surface area contributed by atoms with E-state index in [1.54, 1.807) is 0 Å². The summed E-state index contributed by atoms with van der Waals surface area (Å²) in [6.07, 6.45) is 3.25. The highest BCUT2D eigenvalue weighted by atomic mass is 16.2. The first-order valence-corrected chi connectivity index (χ1v) is 6.88. The maximum atomic E-state index is 12.1. The molecule has 1 aliphatic heterocycles. The van der Waals surface area contributed by atoms with Gasteiger partial charge in [-0.2, -0.15) is 0 Å². The molecule has 0 aromatic rings. The van der Waals surface area contributed by atoms with Crippen molar-refractivity contribution in [2.45, 2.75) is 39.2 Å². The number of nitrogens with one attached hydrogen (secondary N) is 1. The van der Waals surface area contributed by atoms with E-state index in [4.69, 9.17) is 0 Å². The molecule has 1 amide bonds. The summed E-state index contributed by atoms with van der Waals surface area (Å²) in [7, 11) is 2.00. The van der Waals surface area contributed by atoms with Crippen molar-refractivity contribution < 1.29 is 4.79 Å². The number of likely N-dealkylation sites (tertiary alicyclic amines) is 1. The van der Waals surface area contributed by atoms with E-state index in [2.05, 4.69) is 24.1 Å². The molecule has 1 heterocycles. The molecule has 1 saturated heterocycles. The van der Waals surface area contributed by atoms with Crippen molar-refractivity contribution >= 4 is 5.91 Å². The van der Waals surface area contributed by atoms with Crippen LogP contribution in [0, 0.1) is 0 Å². The molecule has 4 nitrogen and oxygen atoms in total. The normalized spacial score (nSPS) is 20.8. The number of hydrogen-bond donors (Lipinski definition) is 1. The largest absolute Gasteiger partial charge is 0.342 e. The van der Waals surface area contributed by atoms with E-state index in [9.17, 15) is 4.79 Å². The molecule has 1 aliphatic rings. The maximum absolute atomic E-state index is 12.1. The molecule has 0 bridgehead atoms. The first-order valence-electron chi connectivity index (χ1n) is 6.88. The average molecular weight is 241 g/mol. The number of rotatable bonds is 7. The number of hydrogen-bond acceptors (Lipinski definition) is 3. The summed E-state index contributed by atoms with van der Waals surface area (Å²) in [4.78, 5) is 16.4. The van der Waals surface area contributed by atoms with Crippen LogP contribution >= 0.6 is 0 Å². The molecule has 0 spiro atoms. The first kappa shape index (κ1) is 14.5. The maximum Gasteiger partial charge on any atom is 0.236 e. The molecule has 1 N–H and O–H groups in total. The Bertz CT molecular complexity index is 227. The summed E-state index contributed by atoms with van der Waals surface area (Å²) in [5, 5.41) is 3.28. The highest BCUT2D eigenvalue weighted by Crippen LogP contribution is 2.09. The molecule has 0 aliphatic carbocycles. The molecular weight excluding hydrogens is 214 g/mol. The lowest BCUT2D eigenvalue weighted by Crippen LogP contribution is -2.41. The van der Waals surface area contributed by atoms with Gasteiger partial charge in [0.15, 0.2) is 0 Å². The topological polar surface area (TPSA) is 35.6 Å². The first-order chi connectivity index (χ1) is 8.21. The van der Waals surface area contributed by atoms with Gasteiger partial charge < -0.3 is 10.2 Å². The Balaban J connectivity index is 2.36. The van der Waals surface area contributed by atoms with Gasteiger partial charge in [-0.05, 0) is 26.3 Å². The lowest BCUT2D eigenvalue weighted by Gasteiger charge is -2.24. The average Bonchev–Trinajstić information content (AvgIpc) is 2.76. The van der Waals surface area contributed by atoms with Crippen molar-refractivity contribution in [1.29, 1.82) is 0 Å². The van der Waals surface area contributed by atoms with E-state index in [1.807, 2.05) is 11.9 Å². The van der Waals surface area contributed by atoms with Crippen LogP contribution in [0.1, 0.15) is 33.1 Å². The van der Waals surface area contributed by atoms with Crippen LogP contribution in [0.25, 0.3) is 0 Å². The fourth-order valence-corrected chi connectivity index (χ4v) is 2.40. The highest BCUT2D eigenvalue weighted by molar-refractivity contribution is 5.78. The molecule has 1 rings (SSSR count). The van der Waals surface area contributed by atoms with E-state index in [0.717, 1.165) is 45.4 Å². The summed E-state index contributed by atoms with van der Waals surface area (Å²) in [6.45, 7) is 8.70. The number of amides is 1. The highest BCUT2D eigenvalue weighted by Gasteiger charge is 2.24. The Kier molecular flexibility index (Phi) is 6.52. The molecule has 1 atom stereocenters. The predicted molar refractivity (Wildman–Crippen MR) is 71.1 cm³/mol. The minimum Gasteiger partial charge on any atom is -0.342 e. The van der Waals surface area contributed by atoms with Crippen LogP contribution in [0.3, 0.4) is 0 Å². The van der Waals surface area contributed by atoms with Crippen LogP contribution in [0.4, 0.5) is 0 Å². The minimum absolute atomic E-state index is 0.297. The standard InChI is InChI=1S/C13H27N3O/c1-4-7-16(8-5-2)13(17)11-15-9-6-12(10-15)14-3/h12,14H,4-11H2,1-3H3. The molecule has 0 aromatic carbocycles. The van der Waals surface area contributed by atoms with Crippen LogP contribution in [-0.2, 0) is 4.79 Å². The molecule has 4 heteroatoms. The van der Waals surface area contributed by atoms with Crippen LogP contribution in [-0.4, -0.2) is 61.5 Å². The zero-order valence-electron chi connectivity index (χ0n) is 11.5. The zero-order chi connectivity index (χ0) is 12.7. The smallest absolute Gasteiger partial charge is 0.236 e.